The molecule has 1 aromatic heterocycles. The highest BCUT2D eigenvalue weighted by Gasteiger charge is 2.27. The number of hydrogen-bond donors (Lipinski definition) is 3. The number of nitrogens with one attached hydrogen (secondary N) is 1. The fraction of sp³-hybridized carbons (Fsp3) is 0.190. The molecule has 0 radical (unpaired) electrons. The number of nitrogens with two attached hydrogens (primary N) is 1. The lowest BCUT2D eigenvalue weighted by molar-refractivity contribution is -0.145. The molecule has 0 unspecified atom stereocenters. The molecule has 28 heavy (non-hydrogen) atoms. The standard InChI is InChI=1S/C21H19N3O4/c1-14(25)19(21(27)28-2)24-20(26)18-12-9-16(13-23-18)6-4-3-5-15-7-10-17(22)11-8-15/h7-14,19,25H,22H2,1-2H3,(H,24,26)/t14-,19+/m1/s1. The molecule has 0 spiro atoms. The van der Waals surface area contributed by atoms with Gasteiger partial charge in [0.15, 0.2) is 6.04 Å². The van der Waals surface area contributed by atoms with E-state index >= 15 is 0 Å². The molecule has 0 bridgehead atoms. The maximum Gasteiger partial charge on any atom is 0.331 e. The number of amides is 1. The largest absolute Gasteiger partial charge is 0.467 e. The molecule has 4 N–H and O–H groups in total. The van der Waals surface area contributed by atoms with Crippen molar-refractivity contribution in [1.82, 2.24) is 10.3 Å². The normalized spacial score (nSPS) is 11.7. The summed E-state index contributed by atoms with van der Waals surface area (Å²) in [5.74, 6) is 9.79. The number of aromatic nitrogens is 1. The van der Waals surface area contributed by atoms with E-state index in [1.54, 1.807) is 30.3 Å². The van der Waals surface area contributed by atoms with Crippen molar-refractivity contribution in [2.75, 3.05) is 12.8 Å². The van der Waals surface area contributed by atoms with Crippen molar-refractivity contribution < 1.29 is 19.4 Å². The number of esters is 1. The van der Waals surface area contributed by atoms with Gasteiger partial charge in [-0.2, -0.15) is 0 Å². The number of benzene rings is 1. The molecular formula is C21H19N3O4. The smallest absolute Gasteiger partial charge is 0.331 e. The molecule has 7 heteroatoms. The van der Waals surface area contributed by atoms with E-state index in [0.717, 1.165) is 5.56 Å². The third-order valence-corrected chi connectivity index (χ3v) is 3.61. The lowest BCUT2D eigenvalue weighted by atomic mass is 10.1. The number of aliphatic hydroxyl groups excluding tert-OH is 1. The number of nitrogens with zero attached hydrogens (tertiary/aromatic N) is 1. The summed E-state index contributed by atoms with van der Waals surface area (Å²) in [5.41, 5.74) is 7.72. The minimum atomic E-state index is -1.18. The van der Waals surface area contributed by atoms with Gasteiger partial charge in [0.25, 0.3) is 5.91 Å². The third-order valence-electron chi connectivity index (χ3n) is 3.61. The second-order valence-electron chi connectivity index (χ2n) is 5.77. The molecule has 2 rings (SSSR count). The first kappa shape index (κ1) is 20.5. The van der Waals surface area contributed by atoms with E-state index in [2.05, 4.69) is 38.7 Å². The van der Waals surface area contributed by atoms with Crippen molar-refractivity contribution in [2.45, 2.75) is 19.1 Å². The Morgan fingerprint density at radius 1 is 1.11 bits per heavy atom. The highest BCUT2D eigenvalue weighted by atomic mass is 16.5. The molecule has 0 aliphatic heterocycles. The molecule has 1 aromatic carbocycles. The van der Waals surface area contributed by atoms with Gasteiger partial charge in [0, 0.05) is 23.0 Å². The number of aliphatic hydroxyl groups is 1. The van der Waals surface area contributed by atoms with Gasteiger partial charge in [0.1, 0.15) is 5.69 Å². The minimum Gasteiger partial charge on any atom is -0.467 e. The second kappa shape index (κ2) is 9.77. The molecule has 0 saturated carbocycles. The summed E-state index contributed by atoms with van der Waals surface area (Å²) in [4.78, 5) is 27.8. The lowest BCUT2D eigenvalue weighted by Gasteiger charge is -2.18. The monoisotopic (exact) mass is 377 g/mol. The molecule has 1 amide bonds. The SMILES string of the molecule is COC(=O)[C@@H](NC(=O)c1ccc(C#CC#Cc2ccc(N)cc2)cn1)[C@@H](C)O. The van der Waals surface area contributed by atoms with Crippen LogP contribution >= 0.6 is 0 Å². The van der Waals surface area contributed by atoms with Gasteiger partial charge in [0.05, 0.1) is 13.2 Å². The van der Waals surface area contributed by atoms with Gasteiger partial charge in [-0.05, 0) is 55.2 Å². The number of nitrogen functional groups attached to an aromatic ring is 1. The first-order chi connectivity index (χ1) is 13.4. The van der Waals surface area contributed by atoms with Crippen molar-refractivity contribution >= 4 is 17.6 Å². The van der Waals surface area contributed by atoms with Crippen LogP contribution in [0, 0.1) is 23.7 Å². The fourth-order valence-electron chi connectivity index (χ4n) is 2.09. The Bertz CT molecular complexity index is 959. The van der Waals surface area contributed by atoms with Crippen LogP contribution in [0.3, 0.4) is 0 Å². The molecule has 142 valence electrons. The van der Waals surface area contributed by atoms with Crippen molar-refractivity contribution in [3.8, 4) is 23.7 Å². The Hall–Kier alpha value is -3.81. The Morgan fingerprint density at radius 3 is 2.25 bits per heavy atom. The van der Waals surface area contributed by atoms with E-state index in [0.29, 0.717) is 11.3 Å². The zero-order valence-electron chi connectivity index (χ0n) is 15.4. The summed E-state index contributed by atoms with van der Waals surface area (Å²) in [6, 6.07) is 9.00. The van der Waals surface area contributed by atoms with Crippen molar-refractivity contribution in [2.24, 2.45) is 0 Å². The van der Waals surface area contributed by atoms with Crippen LogP contribution in [0.4, 0.5) is 5.69 Å². The van der Waals surface area contributed by atoms with Gasteiger partial charge >= 0.3 is 5.97 Å². The van der Waals surface area contributed by atoms with Gasteiger partial charge in [-0.15, -0.1) is 0 Å². The van der Waals surface area contributed by atoms with Gasteiger partial charge in [-0.1, -0.05) is 11.8 Å². The van der Waals surface area contributed by atoms with E-state index in [1.807, 2.05) is 0 Å². The third kappa shape index (κ3) is 5.87. The Morgan fingerprint density at radius 2 is 1.71 bits per heavy atom. The average Bonchev–Trinajstić information content (AvgIpc) is 2.70. The molecule has 0 aliphatic rings. The van der Waals surface area contributed by atoms with E-state index in [-0.39, 0.29) is 5.69 Å². The van der Waals surface area contributed by atoms with Crippen LogP contribution < -0.4 is 11.1 Å². The van der Waals surface area contributed by atoms with Crippen LogP contribution in [0.2, 0.25) is 0 Å². The predicted molar refractivity (Wildman–Crippen MR) is 104 cm³/mol. The Kier molecular flexibility index (Phi) is 7.15. The number of anilines is 1. The second-order valence-corrected chi connectivity index (χ2v) is 5.77. The maximum atomic E-state index is 12.2. The summed E-state index contributed by atoms with van der Waals surface area (Å²) in [6.07, 6.45) is 0.309. The Balaban J connectivity index is 2.03. The Labute approximate surface area is 162 Å². The summed E-state index contributed by atoms with van der Waals surface area (Å²) >= 11 is 0. The molecule has 7 nitrogen and oxygen atoms in total. The van der Waals surface area contributed by atoms with Crippen molar-refractivity contribution in [3.63, 3.8) is 0 Å². The highest BCUT2D eigenvalue weighted by Crippen LogP contribution is 2.04. The van der Waals surface area contributed by atoms with Crippen LogP contribution in [-0.4, -0.2) is 41.2 Å². The molecule has 2 atom stereocenters. The number of rotatable bonds is 4. The van der Waals surface area contributed by atoms with Crippen molar-refractivity contribution in [1.29, 1.82) is 0 Å². The van der Waals surface area contributed by atoms with Gasteiger partial charge in [-0.25, -0.2) is 9.78 Å². The summed E-state index contributed by atoms with van der Waals surface area (Å²) in [5, 5.41) is 12.0. The molecular weight excluding hydrogens is 358 g/mol. The van der Waals surface area contributed by atoms with Gasteiger partial charge in [-0.3, -0.25) is 4.79 Å². The van der Waals surface area contributed by atoms with E-state index < -0.39 is 24.0 Å². The number of hydrogen-bond acceptors (Lipinski definition) is 6. The number of pyridine rings is 1. The first-order valence-corrected chi connectivity index (χ1v) is 8.31. The van der Waals surface area contributed by atoms with Crippen LogP contribution in [0.15, 0.2) is 42.6 Å². The average molecular weight is 377 g/mol. The molecule has 0 aliphatic carbocycles. The number of carbonyl (C=O) groups excluding carboxylic acids is 2. The molecule has 0 saturated heterocycles. The van der Waals surface area contributed by atoms with Crippen LogP contribution in [0.5, 0.6) is 0 Å². The van der Waals surface area contributed by atoms with Gasteiger partial charge < -0.3 is 20.9 Å². The quantitative estimate of drug-likeness (QED) is 0.411. The highest BCUT2D eigenvalue weighted by molar-refractivity contribution is 5.95. The predicted octanol–water partition coefficient (Wildman–Crippen LogP) is 0.719. The maximum absolute atomic E-state index is 12.2. The topological polar surface area (TPSA) is 115 Å². The van der Waals surface area contributed by atoms with E-state index in [1.165, 1.54) is 26.3 Å². The zero-order valence-corrected chi connectivity index (χ0v) is 15.4. The summed E-state index contributed by atoms with van der Waals surface area (Å²) < 4.78 is 4.55. The van der Waals surface area contributed by atoms with Crippen LogP contribution in [-0.2, 0) is 9.53 Å². The zero-order chi connectivity index (χ0) is 20.5. The van der Waals surface area contributed by atoms with Crippen molar-refractivity contribution in [3.05, 3.63) is 59.4 Å². The number of ether oxygens (including phenoxy) is 1. The van der Waals surface area contributed by atoms with Crippen LogP contribution in [0.1, 0.15) is 28.5 Å². The number of carbonyl (C=O) groups is 2. The molecule has 0 fully saturated rings. The lowest BCUT2D eigenvalue weighted by Crippen LogP contribution is -2.48. The fourth-order valence-corrected chi connectivity index (χ4v) is 2.09. The van der Waals surface area contributed by atoms with Gasteiger partial charge in [0.2, 0.25) is 0 Å². The van der Waals surface area contributed by atoms with E-state index in [9.17, 15) is 14.7 Å². The van der Waals surface area contributed by atoms with Crippen LogP contribution in [0.25, 0.3) is 0 Å². The molecule has 1 heterocycles. The van der Waals surface area contributed by atoms with E-state index in [4.69, 9.17) is 5.73 Å². The summed E-state index contributed by atoms with van der Waals surface area (Å²) in [7, 11) is 1.17. The summed E-state index contributed by atoms with van der Waals surface area (Å²) in [6.45, 7) is 1.37. The first-order valence-electron chi connectivity index (χ1n) is 8.31. The minimum absolute atomic E-state index is 0.0769. The number of methoxy groups -OCH3 is 1. The molecule has 2 aromatic rings.